The van der Waals surface area contributed by atoms with E-state index in [0.29, 0.717) is 29.2 Å². The number of benzene rings is 1. The zero-order valence-corrected chi connectivity index (χ0v) is 14.7. The number of imidazole rings is 1. The largest absolute Gasteiger partial charge is 0.439 e. The summed E-state index contributed by atoms with van der Waals surface area (Å²) in [5.41, 5.74) is 0.664. The van der Waals surface area contributed by atoms with Gasteiger partial charge in [-0.1, -0.05) is 0 Å². The van der Waals surface area contributed by atoms with Crippen LogP contribution in [0.15, 0.2) is 30.5 Å². The molecule has 0 saturated carbocycles. The number of carbonyl (C=O) groups is 1. The highest BCUT2D eigenvalue weighted by molar-refractivity contribution is 5.94. The molecule has 0 unspecified atom stereocenters. The molecule has 0 spiro atoms. The molecule has 2 N–H and O–H groups in total. The van der Waals surface area contributed by atoms with Gasteiger partial charge in [0.1, 0.15) is 11.6 Å². The van der Waals surface area contributed by atoms with Crippen molar-refractivity contribution < 1.29 is 9.53 Å². The van der Waals surface area contributed by atoms with Crippen LogP contribution in [0.4, 0.5) is 0 Å². The molecule has 3 fully saturated rings. The fourth-order valence-electron chi connectivity index (χ4n) is 4.03. The minimum Gasteiger partial charge on any atom is -0.439 e. The van der Waals surface area contributed by atoms with Crippen LogP contribution >= 0.6 is 0 Å². The number of aromatic nitrogens is 2. The van der Waals surface area contributed by atoms with Crippen molar-refractivity contribution in [1.82, 2.24) is 20.2 Å². The van der Waals surface area contributed by atoms with Crippen molar-refractivity contribution in [3.05, 3.63) is 41.9 Å². The highest BCUT2D eigenvalue weighted by atomic mass is 16.5. The van der Waals surface area contributed by atoms with E-state index >= 15 is 0 Å². The number of aryl methyl sites for hydroxylation is 1. The summed E-state index contributed by atoms with van der Waals surface area (Å²) in [6.07, 6.45) is 4.02. The Morgan fingerprint density at radius 1 is 1.28 bits per heavy atom. The smallest absolute Gasteiger partial charge is 0.251 e. The van der Waals surface area contributed by atoms with Crippen LogP contribution in [-0.4, -0.2) is 45.9 Å². The Balaban J connectivity index is 1.40. The summed E-state index contributed by atoms with van der Waals surface area (Å²) in [6.45, 7) is 6.42. The molecule has 132 valence electrons. The number of rotatable bonds is 4. The summed E-state index contributed by atoms with van der Waals surface area (Å²) in [7, 11) is 0. The Bertz CT molecular complexity index is 745. The molecule has 0 aliphatic carbocycles. The molecule has 6 nitrogen and oxygen atoms in total. The number of nitrogens with one attached hydrogen (secondary N) is 2. The van der Waals surface area contributed by atoms with Crippen LogP contribution in [0, 0.1) is 12.8 Å². The van der Waals surface area contributed by atoms with Crippen molar-refractivity contribution >= 4 is 5.91 Å². The predicted octanol–water partition coefficient (Wildman–Crippen LogP) is 2.72. The molecule has 25 heavy (non-hydrogen) atoms. The van der Waals surface area contributed by atoms with Crippen LogP contribution in [0.2, 0.25) is 0 Å². The molecule has 2 aromatic rings. The SMILES string of the molecule is Cc1ncc(Oc2ccc(C(=O)N[C@@H]3C4CCN(CC4)[C@H]3C)cc2)[nH]1. The molecule has 3 aliphatic heterocycles. The van der Waals surface area contributed by atoms with Crippen LogP contribution in [0.25, 0.3) is 0 Å². The maximum Gasteiger partial charge on any atom is 0.251 e. The molecule has 3 aliphatic rings. The van der Waals surface area contributed by atoms with E-state index in [9.17, 15) is 4.79 Å². The lowest BCUT2D eigenvalue weighted by molar-refractivity contribution is 0.0217. The summed E-state index contributed by atoms with van der Waals surface area (Å²) >= 11 is 0. The van der Waals surface area contributed by atoms with Crippen molar-refractivity contribution in [2.24, 2.45) is 5.92 Å². The third-order valence-electron chi connectivity index (χ3n) is 5.50. The molecule has 4 heterocycles. The van der Waals surface area contributed by atoms with Gasteiger partial charge in [0, 0.05) is 17.6 Å². The van der Waals surface area contributed by atoms with E-state index in [1.165, 1.54) is 12.8 Å². The van der Waals surface area contributed by atoms with Gasteiger partial charge in [-0.3, -0.25) is 9.69 Å². The second kappa shape index (κ2) is 6.52. The first-order valence-corrected chi connectivity index (χ1v) is 8.94. The van der Waals surface area contributed by atoms with Gasteiger partial charge >= 0.3 is 0 Å². The van der Waals surface area contributed by atoms with Crippen LogP contribution in [0.3, 0.4) is 0 Å². The van der Waals surface area contributed by atoms with Crippen LogP contribution in [0.1, 0.15) is 35.9 Å². The Morgan fingerprint density at radius 2 is 2.00 bits per heavy atom. The van der Waals surface area contributed by atoms with Gasteiger partial charge < -0.3 is 15.0 Å². The lowest BCUT2D eigenvalue weighted by Crippen LogP contribution is -2.62. The van der Waals surface area contributed by atoms with E-state index in [1.807, 2.05) is 19.1 Å². The highest BCUT2D eigenvalue weighted by Crippen LogP contribution is 2.32. The fraction of sp³-hybridized carbons (Fsp3) is 0.474. The van der Waals surface area contributed by atoms with Crippen molar-refractivity contribution in [2.75, 3.05) is 13.1 Å². The first kappa shape index (κ1) is 16.1. The zero-order chi connectivity index (χ0) is 17.4. The number of amides is 1. The monoisotopic (exact) mass is 340 g/mol. The van der Waals surface area contributed by atoms with Gasteiger partial charge in [-0.15, -0.1) is 0 Å². The quantitative estimate of drug-likeness (QED) is 0.898. The molecular weight excluding hydrogens is 316 g/mol. The molecule has 3 saturated heterocycles. The minimum atomic E-state index is -0.00506. The number of piperidine rings is 3. The van der Waals surface area contributed by atoms with Crippen molar-refractivity contribution in [3.63, 3.8) is 0 Å². The van der Waals surface area contributed by atoms with Crippen molar-refractivity contribution in [3.8, 4) is 11.6 Å². The summed E-state index contributed by atoms with van der Waals surface area (Å²) in [6, 6.07) is 7.90. The topological polar surface area (TPSA) is 70.2 Å². The second-order valence-corrected chi connectivity index (χ2v) is 7.07. The maximum atomic E-state index is 12.6. The van der Waals surface area contributed by atoms with E-state index in [-0.39, 0.29) is 11.9 Å². The van der Waals surface area contributed by atoms with Gasteiger partial charge in [-0.05, 0) is 70.0 Å². The third-order valence-corrected chi connectivity index (χ3v) is 5.50. The number of ether oxygens (including phenoxy) is 1. The van der Waals surface area contributed by atoms with Crippen LogP contribution in [-0.2, 0) is 0 Å². The first-order chi connectivity index (χ1) is 12.1. The van der Waals surface area contributed by atoms with Crippen LogP contribution in [0.5, 0.6) is 11.6 Å². The van der Waals surface area contributed by atoms with Crippen LogP contribution < -0.4 is 10.1 Å². The average molecular weight is 340 g/mol. The number of carbonyl (C=O) groups excluding carboxylic acids is 1. The molecule has 1 aromatic carbocycles. The summed E-state index contributed by atoms with van der Waals surface area (Å²) in [5.74, 6) is 2.68. The van der Waals surface area contributed by atoms with E-state index in [1.54, 1.807) is 18.3 Å². The Hall–Kier alpha value is -2.34. The lowest BCUT2D eigenvalue weighted by Gasteiger charge is -2.49. The number of hydrogen-bond acceptors (Lipinski definition) is 4. The van der Waals surface area contributed by atoms with E-state index in [2.05, 4.69) is 27.1 Å². The highest BCUT2D eigenvalue weighted by Gasteiger charge is 2.40. The molecule has 1 amide bonds. The number of nitrogens with zero attached hydrogens (tertiary/aromatic N) is 2. The fourth-order valence-corrected chi connectivity index (χ4v) is 4.03. The lowest BCUT2D eigenvalue weighted by atomic mass is 9.79. The van der Waals surface area contributed by atoms with Gasteiger partial charge in [-0.2, -0.15) is 0 Å². The Morgan fingerprint density at radius 3 is 2.60 bits per heavy atom. The molecule has 5 rings (SSSR count). The van der Waals surface area contributed by atoms with Crippen molar-refractivity contribution in [1.29, 1.82) is 0 Å². The molecular formula is C19H24N4O2. The van der Waals surface area contributed by atoms with E-state index in [0.717, 1.165) is 18.9 Å². The second-order valence-electron chi connectivity index (χ2n) is 7.07. The number of hydrogen-bond donors (Lipinski definition) is 2. The third kappa shape index (κ3) is 3.26. The van der Waals surface area contributed by atoms with Gasteiger partial charge in [0.15, 0.2) is 0 Å². The predicted molar refractivity (Wildman–Crippen MR) is 94.9 cm³/mol. The van der Waals surface area contributed by atoms with Gasteiger partial charge in [0.2, 0.25) is 5.88 Å². The van der Waals surface area contributed by atoms with Gasteiger partial charge in [0.05, 0.1) is 6.20 Å². The first-order valence-electron chi connectivity index (χ1n) is 8.94. The number of aromatic amines is 1. The maximum absolute atomic E-state index is 12.6. The number of H-pyrrole nitrogens is 1. The Kier molecular flexibility index (Phi) is 4.21. The standard InChI is InChI=1S/C19H24N4O2/c1-12-18(14-7-9-23(12)10-8-14)22-19(24)15-3-5-16(6-4-15)25-17-11-20-13(2)21-17/h3-6,11-12,14,18H,7-10H2,1-2H3,(H,20,21)(H,22,24)/t12-,18-/m0/s1. The molecule has 0 radical (unpaired) electrons. The van der Waals surface area contributed by atoms with Gasteiger partial charge in [-0.25, -0.2) is 4.98 Å². The normalized spacial score (nSPS) is 27.9. The molecule has 2 atom stereocenters. The molecule has 1 aromatic heterocycles. The molecule has 2 bridgehead atoms. The van der Waals surface area contributed by atoms with E-state index < -0.39 is 0 Å². The van der Waals surface area contributed by atoms with Crippen molar-refractivity contribution in [2.45, 2.75) is 38.8 Å². The van der Waals surface area contributed by atoms with Gasteiger partial charge in [0.25, 0.3) is 5.91 Å². The summed E-state index contributed by atoms with van der Waals surface area (Å²) < 4.78 is 5.68. The number of fused-ring (bicyclic) bond motifs is 3. The summed E-state index contributed by atoms with van der Waals surface area (Å²) in [5, 5.41) is 3.25. The average Bonchev–Trinajstić information content (AvgIpc) is 3.04. The zero-order valence-electron chi connectivity index (χ0n) is 14.7. The molecule has 6 heteroatoms. The summed E-state index contributed by atoms with van der Waals surface area (Å²) in [4.78, 5) is 22.2. The Labute approximate surface area is 147 Å². The minimum absolute atomic E-state index is 0.00506. The van der Waals surface area contributed by atoms with E-state index in [4.69, 9.17) is 4.74 Å².